The number of nitrogens with one attached hydrogen (secondary N) is 2. The first-order valence-electron chi connectivity index (χ1n) is 8.33. The Morgan fingerprint density at radius 1 is 1.04 bits per heavy atom. The standard InChI is InChI=1S/C19H23N3O2S/c1-16-7-9-19(10-8-16)25(23,24)21-20-18-11-13-22(14-12-18)15-17-5-3-2-4-6-17/h2-11,20-21H,12-15H2,1H3. The second-order valence-electron chi connectivity index (χ2n) is 6.24. The van der Waals surface area contributed by atoms with E-state index in [4.69, 9.17) is 0 Å². The van der Waals surface area contributed by atoms with E-state index in [1.165, 1.54) is 5.56 Å². The quantitative estimate of drug-likeness (QED) is 0.780. The third kappa shape index (κ3) is 4.92. The Bertz CT molecular complexity index is 831. The molecule has 0 aromatic heterocycles. The molecule has 0 bridgehead atoms. The van der Waals surface area contributed by atoms with Crippen molar-refractivity contribution in [1.29, 1.82) is 0 Å². The molecule has 25 heavy (non-hydrogen) atoms. The van der Waals surface area contributed by atoms with Crippen LogP contribution in [0, 0.1) is 6.92 Å². The summed E-state index contributed by atoms with van der Waals surface area (Å²) in [5, 5.41) is 0. The molecule has 1 aliphatic heterocycles. The van der Waals surface area contributed by atoms with E-state index in [0.717, 1.165) is 37.3 Å². The van der Waals surface area contributed by atoms with Crippen LogP contribution in [0.3, 0.4) is 0 Å². The molecule has 0 unspecified atom stereocenters. The van der Waals surface area contributed by atoms with Crippen molar-refractivity contribution >= 4 is 10.0 Å². The maximum absolute atomic E-state index is 12.3. The number of aryl methyl sites for hydroxylation is 1. The Kier molecular flexibility index (Phi) is 5.53. The zero-order valence-electron chi connectivity index (χ0n) is 14.3. The van der Waals surface area contributed by atoms with E-state index in [-0.39, 0.29) is 4.90 Å². The van der Waals surface area contributed by atoms with Gasteiger partial charge in [0.1, 0.15) is 0 Å². The van der Waals surface area contributed by atoms with Gasteiger partial charge in [-0.2, -0.15) is 0 Å². The lowest BCUT2D eigenvalue weighted by Gasteiger charge is -2.26. The molecule has 0 radical (unpaired) electrons. The third-order valence-electron chi connectivity index (χ3n) is 4.22. The molecule has 132 valence electrons. The number of benzene rings is 2. The number of hydrazine groups is 1. The first-order chi connectivity index (χ1) is 12.0. The summed E-state index contributed by atoms with van der Waals surface area (Å²) < 4.78 is 24.6. The molecule has 0 saturated heterocycles. The summed E-state index contributed by atoms with van der Waals surface area (Å²) in [5.74, 6) is 0. The van der Waals surface area contributed by atoms with Gasteiger partial charge in [0, 0.05) is 31.8 Å². The Labute approximate surface area is 149 Å². The molecular formula is C19H23N3O2S. The minimum Gasteiger partial charge on any atom is -0.312 e. The molecule has 0 saturated carbocycles. The molecule has 1 aliphatic rings. The van der Waals surface area contributed by atoms with E-state index < -0.39 is 10.0 Å². The highest BCUT2D eigenvalue weighted by Gasteiger charge is 2.16. The number of sulfonamides is 1. The first-order valence-corrected chi connectivity index (χ1v) is 9.81. The number of rotatable bonds is 6. The number of hydrogen-bond donors (Lipinski definition) is 2. The largest absolute Gasteiger partial charge is 0.312 e. The van der Waals surface area contributed by atoms with Crippen LogP contribution < -0.4 is 10.3 Å². The Morgan fingerprint density at radius 2 is 1.76 bits per heavy atom. The average Bonchev–Trinajstić information content (AvgIpc) is 2.62. The summed E-state index contributed by atoms with van der Waals surface area (Å²) in [6.07, 6.45) is 2.81. The molecule has 2 aromatic rings. The van der Waals surface area contributed by atoms with Gasteiger partial charge in [0.2, 0.25) is 0 Å². The van der Waals surface area contributed by atoms with E-state index in [1.807, 2.05) is 31.2 Å². The van der Waals surface area contributed by atoms with Gasteiger partial charge in [-0.15, -0.1) is 4.83 Å². The van der Waals surface area contributed by atoms with Crippen LogP contribution in [-0.2, 0) is 16.6 Å². The molecule has 0 spiro atoms. The van der Waals surface area contributed by atoms with Crippen LogP contribution >= 0.6 is 0 Å². The summed E-state index contributed by atoms with van der Waals surface area (Å²) in [4.78, 5) is 5.05. The zero-order chi connectivity index (χ0) is 17.7. The smallest absolute Gasteiger partial charge is 0.257 e. The lowest BCUT2D eigenvalue weighted by molar-refractivity contribution is 0.281. The summed E-state index contributed by atoms with van der Waals surface area (Å²) in [7, 11) is -3.55. The summed E-state index contributed by atoms with van der Waals surface area (Å²) in [6.45, 7) is 4.51. The maximum Gasteiger partial charge on any atom is 0.257 e. The highest BCUT2D eigenvalue weighted by molar-refractivity contribution is 7.89. The van der Waals surface area contributed by atoms with Crippen LogP contribution in [-0.4, -0.2) is 26.4 Å². The second kappa shape index (κ2) is 7.82. The highest BCUT2D eigenvalue weighted by Crippen LogP contribution is 2.13. The summed E-state index contributed by atoms with van der Waals surface area (Å²) >= 11 is 0. The van der Waals surface area contributed by atoms with Gasteiger partial charge in [-0.3, -0.25) is 4.90 Å². The fourth-order valence-electron chi connectivity index (χ4n) is 2.72. The molecular weight excluding hydrogens is 334 g/mol. The third-order valence-corrected chi connectivity index (χ3v) is 5.48. The van der Waals surface area contributed by atoms with Crippen molar-refractivity contribution in [2.24, 2.45) is 0 Å². The number of nitrogens with zero attached hydrogens (tertiary/aromatic N) is 1. The Balaban J connectivity index is 1.53. The van der Waals surface area contributed by atoms with Crippen molar-refractivity contribution in [3.63, 3.8) is 0 Å². The predicted molar refractivity (Wildman–Crippen MR) is 99.1 cm³/mol. The molecule has 5 nitrogen and oxygen atoms in total. The lowest BCUT2D eigenvalue weighted by Crippen LogP contribution is -2.40. The Morgan fingerprint density at radius 3 is 2.40 bits per heavy atom. The van der Waals surface area contributed by atoms with Crippen molar-refractivity contribution in [3.8, 4) is 0 Å². The van der Waals surface area contributed by atoms with Crippen molar-refractivity contribution in [3.05, 3.63) is 77.5 Å². The fourth-order valence-corrected chi connectivity index (χ4v) is 3.60. The fraction of sp³-hybridized carbons (Fsp3) is 0.263. The molecule has 0 aliphatic carbocycles. The van der Waals surface area contributed by atoms with Crippen molar-refractivity contribution < 1.29 is 8.42 Å². The van der Waals surface area contributed by atoms with Gasteiger partial charge in [-0.05, 0) is 30.7 Å². The summed E-state index contributed by atoms with van der Waals surface area (Å²) in [5.41, 5.74) is 6.07. The topological polar surface area (TPSA) is 61.4 Å². The van der Waals surface area contributed by atoms with Crippen molar-refractivity contribution in [2.75, 3.05) is 13.1 Å². The monoisotopic (exact) mass is 357 g/mol. The second-order valence-corrected chi connectivity index (χ2v) is 7.93. The normalized spacial score (nSPS) is 15.6. The molecule has 1 heterocycles. The van der Waals surface area contributed by atoms with E-state index in [9.17, 15) is 8.42 Å². The van der Waals surface area contributed by atoms with Gasteiger partial charge >= 0.3 is 0 Å². The van der Waals surface area contributed by atoms with Crippen molar-refractivity contribution in [1.82, 2.24) is 15.2 Å². The number of hydrogen-bond acceptors (Lipinski definition) is 4. The highest BCUT2D eigenvalue weighted by atomic mass is 32.2. The van der Waals surface area contributed by atoms with Crippen LogP contribution in [0.5, 0.6) is 0 Å². The molecule has 0 atom stereocenters. The van der Waals surface area contributed by atoms with E-state index >= 15 is 0 Å². The van der Waals surface area contributed by atoms with Crippen LogP contribution in [0.15, 0.2) is 71.3 Å². The van der Waals surface area contributed by atoms with E-state index in [2.05, 4.69) is 27.3 Å². The van der Waals surface area contributed by atoms with Crippen LogP contribution in [0.4, 0.5) is 0 Å². The Hall–Kier alpha value is -2.15. The van der Waals surface area contributed by atoms with Gasteiger partial charge in [0.05, 0.1) is 4.90 Å². The zero-order valence-corrected chi connectivity index (χ0v) is 15.1. The summed E-state index contributed by atoms with van der Waals surface area (Å²) in [6, 6.07) is 17.1. The molecule has 2 aromatic carbocycles. The van der Waals surface area contributed by atoms with Crippen LogP contribution in [0.2, 0.25) is 0 Å². The maximum atomic E-state index is 12.3. The molecule has 2 N–H and O–H groups in total. The lowest BCUT2D eigenvalue weighted by atomic mass is 10.1. The van der Waals surface area contributed by atoms with Gasteiger partial charge < -0.3 is 5.43 Å². The molecule has 0 amide bonds. The van der Waals surface area contributed by atoms with Gasteiger partial charge in [-0.1, -0.05) is 48.0 Å². The molecule has 6 heteroatoms. The molecule has 0 fully saturated rings. The molecule has 3 rings (SSSR count). The first kappa shape index (κ1) is 17.7. The van der Waals surface area contributed by atoms with Crippen LogP contribution in [0.25, 0.3) is 0 Å². The van der Waals surface area contributed by atoms with Crippen molar-refractivity contribution in [2.45, 2.75) is 24.8 Å². The van der Waals surface area contributed by atoms with Gasteiger partial charge in [-0.25, -0.2) is 8.42 Å². The van der Waals surface area contributed by atoms with Gasteiger partial charge in [0.15, 0.2) is 0 Å². The van der Waals surface area contributed by atoms with Crippen LogP contribution in [0.1, 0.15) is 17.5 Å². The minimum atomic E-state index is -3.55. The SMILES string of the molecule is Cc1ccc(S(=O)(=O)NNC2=CCN(Cc3ccccc3)CC2)cc1. The van der Waals surface area contributed by atoms with E-state index in [1.54, 1.807) is 24.3 Å². The average molecular weight is 357 g/mol. The predicted octanol–water partition coefficient (Wildman–Crippen LogP) is 2.57. The minimum absolute atomic E-state index is 0.257. The van der Waals surface area contributed by atoms with E-state index in [0.29, 0.717) is 0 Å². The van der Waals surface area contributed by atoms with Gasteiger partial charge in [0.25, 0.3) is 10.0 Å².